The van der Waals surface area contributed by atoms with Gasteiger partial charge in [-0.25, -0.2) is 0 Å². The molecule has 2 rings (SSSR count). The first-order chi connectivity index (χ1) is 9.95. The van der Waals surface area contributed by atoms with E-state index in [-0.39, 0.29) is 17.6 Å². The van der Waals surface area contributed by atoms with Crippen molar-refractivity contribution in [2.45, 2.75) is 13.8 Å². The lowest BCUT2D eigenvalue weighted by molar-refractivity contribution is -0.114. The molecule has 0 aliphatic carbocycles. The number of aromatic amines is 1. The van der Waals surface area contributed by atoms with Crippen LogP contribution in [-0.4, -0.2) is 22.6 Å². The van der Waals surface area contributed by atoms with Crippen molar-refractivity contribution in [2.75, 3.05) is 10.6 Å². The Morgan fingerprint density at radius 3 is 1.81 bits per heavy atom. The van der Waals surface area contributed by atoms with Crippen LogP contribution in [0.4, 0.5) is 11.4 Å². The van der Waals surface area contributed by atoms with Crippen LogP contribution in [0.2, 0.25) is 0 Å². The zero-order chi connectivity index (χ0) is 15.4. The Morgan fingerprint density at radius 1 is 0.810 bits per heavy atom. The molecule has 0 fully saturated rings. The van der Waals surface area contributed by atoms with E-state index in [2.05, 4.69) is 15.6 Å². The molecule has 1 aromatic carbocycles. The Morgan fingerprint density at radius 2 is 1.33 bits per heavy atom. The predicted molar refractivity (Wildman–Crippen MR) is 79.5 cm³/mol. The highest BCUT2D eigenvalue weighted by atomic mass is 16.2. The molecule has 0 atom stereocenters. The summed E-state index contributed by atoms with van der Waals surface area (Å²) in [6.07, 6.45) is 0. The molecule has 0 spiro atoms. The number of rotatable bonds is 4. The molecule has 1 heterocycles. The first-order valence-corrected chi connectivity index (χ1v) is 6.34. The highest BCUT2D eigenvalue weighted by Crippen LogP contribution is 2.14. The van der Waals surface area contributed by atoms with Crippen LogP contribution < -0.4 is 10.6 Å². The average Bonchev–Trinajstić information content (AvgIpc) is 2.90. The maximum atomic E-state index is 12.0. The molecule has 3 N–H and O–H groups in total. The van der Waals surface area contributed by atoms with Crippen molar-refractivity contribution in [1.29, 1.82) is 0 Å². The molecular weight excluding hydrogens is 270 g/mol. The summed E-state index contributed by atoms with van der Waals surface area (Å²) in [4.78, 5) is 36.8. The van der Waals surface area contributed by atoms with Crippen LogP contribution in [0.25, 0.3) is 0 Å². The smallest absolute Gasteiger partial charge is 0.272 e. The molecule has 21 heavy (non-hydrogen) atoms. The van der Waals surface area contributed by atoms with E-state index in [0.29, 0.717) is 22.8 Å². The molecule has 0 bridgehead atoms. The summed E-state index contributed by atoms with van der Waals surface area (Å²) < 4.78 is 0. The minimum Gasteiger partial charge on any atom is -0.348 e. The summed E-state index contributed by atoms with van der Waals surface area (Å²) in [6, 6.07) is 9.85. The lowest BCUT2D eigenvalue weighted by Crippen LogP contribution is -2.13. The summed E-state index contributed by atoms with van der Waals surface area (Å²) in [5.41, 5.74) is 1.94. The van der Waals surface area contributed by atoms with Crippen LogP contribution in [0.3, 0.4) is 0 Å². The topological polar surface area (TPSA) is 91.1 Å². The number of nitrogens with one attached hydrogen (secondary N) is 3. The molecule has 0 aliphatic rings. The number of amides is 2. The zero-order valence-electron chi connectivity index (χ0n) is 11.7. The molecule has 108 valence electrons. The van der Waals surface area contributed by atoms with Gasteiger partial charge in [-0.15, -0.1) is 0 Å². The molecule has 2 amide bonds. The Balaban J connectivity index is 2.04. The maximum absolute atomic E-state index is 12.0. The number of hydrogen-bond donors (Lipinski definition) is 3. The second kappa shape index (κ2) is 6.04. The minimum atomic E-state index is -0.338. The first kappa shape index (κ1) is 14.5. The molecule has 0 saturated carbocycles. The number of benzene rings is 1. The molecule has 0 unspecified atom stereocenters. The van der Waals surface area contributed by atoms with Crippen molar-refractivity contribution < 1.29 is 14.4 Å². The molecule has 6 heteroatoms. The monoisotopic (exact) mass is 285 g/mol. The standard InChI is InChI=1S/C15H15N3O3/c1-9(19)13-7-8-14(18-13)15(21)17-12-5-3-11(4-6-12)16-10(2)20/h3-8,18H,1-2H3,(H,16,20)(H,17,21). The van der Waals surface area contributed by atoms with Crippen LogP contribution in [0.5, 0.6) is 0 Å². The van der Waals surface area contributed by atoms with E-state index in [1.165, 1.54) is 13.8 Å². The van der Waals surface area contributed by atoms with E-state index in [1.807, 2.05) is 0 Å². The number of aromatic nitrogens is 1. The highest BCUT2D eigenvalue weighted by Gasteiger charge is 2.10. The third-order valence-electron chi connectivity index (χ3n) is 2.77. The van der Waals surface area contributed by atoms with Gasteiger partial charge >= 0.3 is 0 Å². The van der Waals surface area contributed by atoms with Gasteiger partial charge in [0, 0.05) is 25.2 Å². The van der Waals surface area contributed by atoms with Crippen LogP contribution in [0.15, 0.2) is 36.4 Å². The number of carbonyl (C=O) groups excluding carboxylic acids is 3. The SMILES string of the molecule is CC(=O)Nc1ccc(NC(=O)c2ccc(C(C)=O)[nH]2)cc1. The number of hydrogen-bond acceptors (Lipinski definition) is 3. The Labute approximate surface area is 121 Å². The lowest BCUT2D eigenvalue weighted by atomic mass is 10.2. The Bertz CT molecular complexity index is 686. The van der Waals surface area contributed by atoms with Gasteiger partial charge in [-0.3, -0.25) is 14.4 Å². The predicted octanol–water partition coefficient (Wildman–Crippen LogP) is 2.43. The van der Waals surface area contributed by atoms with Gasteiger partial charge in [0.1, 0.15) is 5.69 Å². The third-order valence-corrected chi connectivity index (χ3v) is 2.77. The number of H-pyrrole nitrogens is 1. The Hall–Kier alpha value is -2.89. The van der Waals surface area contributed by atoms with E-state index in [4.69, 9.17) is 0 Å². The van der Waals surface area contributed by atoms with Gasteiger partial charge in [-0.05, 0) is 36.4 Å². The van der Waals surface area contributed by atoms with Crippen LogP contribution >= 0.6 is 0 Å². The van der Waals surface area contributed by atoms with Gasteiger partial charge in [0.25, 0.3) is 5.91 Å². The van der Waals surface area contributed by atoms with E-state index in [1.54, 1.807) is 36.4 Å². The fourth-order valence-corrected chi connectivity index (χ4v) is 1.77. The third kappa shape index (κ3) is 3.79. The number of ketones is 1. The van der Waals surface area contributed by atoms with Crippen LogP contribution in [0.1, 0.15) is 34.8 Å². The zero-order valence-corrected chi connectivity index (χ0v) is 11.7. The summed E-state index contributed by atoms with van der Waals surface area (Å²) in [5, 5.41) is 5.33. The fraction of sp³-hybridized carbons (Fsp3) is 0.133. The minimum absolute atomic E-state index is 0.131. The van der Waals surface area contributed by atoms with E-state index >= 15 is 0 Å². The summed E-state index contributed by atoms with van der Waals surface area (Å²) in [5.74, 6) is -0.626. The van der Waals surface area contributed by atoms with Crippen molar-refractivity contribution in [3.63, 3.8) is 0 Å². The highest BCUT2D eigenvalue weighted by molar-refractivity contribution is 6.04. The molecule has 0 aliphatic heterocycles. The van der Waals surface area contributed by atoms with Gasteiger partial charge in [-0.2, -0.15) is 0 Å². The van der Waals surface area contributed by atoms with Crippen molar-refractivity contribution in [3.8, 4) is 0 Å². The van der Waals surface area contributed by atoms with Crippen molar-refractivity contribution in [3.05, 3.63) is 47.8 Å². The lowest BCUT2D eigenvalue weighted by Gasteiger charge is -2.06. The van der Waals surface area contributed by atoms with Crippen LogP contribution in [-0.2, 0) is 4.79 Å². The summed E-state index contributed by atoms with van der Waals surface area (Å²) in [6.45, 7) is 2.85. The van der Waals surface area contributed by atoms with E-state index in [9.17, 15) is 14.4 Å². The Kier molecular flexibility index (Phi) is 4.18. The summed E-state index contributed by atoms with van der Waals surface area (Å²) >= 11 is 0. The second-order valence-electron chi connectivity index (χ2n) is 4.55. The quantitative estimate of drug-likeness (QED) is 0.753. The first-order valence-electron chi connectivity index (χ1n) is 6.34. The van der Waals surface area contributed by atoms with E-state index < -0.39 is 0 Å². The number of anilines is 2. The average molecular weight is 285 g/mol. The van der Waals surface area contributed by atoms with Gasteiger partial charge in [0.15, 0.2) is 5.78 Å². The van der Waals surface area contributed by atoms with Crippen LogP contribution in [0, 0.1) is 0 Å². The van der Waals surface area contributed by atoms with Crippen molar-refractivity contribution in [2.24, 2.45) is 0 Å². The molecule has 0 saturated heterocycles. The van der Waals surface area contributed by atoms with Gasteiger partial charge in [0.2, 0.25) is 5.91 Å². The molecule has 0 radical (unpaired) electrons. The second-order valence-corrected chi connectivity index (χ2v) is 4.55. The van der Waals surface area contributed by atoms with Crippen molar-refractivity contribution >= 4 is 29.0 Å². The normalized spacial score (nSPS) is 10.0. The fourth-order valence-electron chi connectivity index (χ4n) is 1.77. The maximum Gasteiger partial charge on any atom is 0.272 e. The van der Waals surface area contributed by atoms with E-state index in [0.717, 1.165) is 0 Å². The van der Waals surface area contributed by atoms with Gasteiger partial charge in [-0.1, -0.05) is 0 Å². The van der Waals surface area contributed by atoms with Gasteiger partial charge in [0.05, 0.1) is 5.69 Å². The van der Waals surface area contributed by atoms with Crippen molar-refractivity contribution in [1.82, 2.24) is 4.98 Å². The largest absolute Gasteiger partial charge is 0.348 e. The number of Topliss-reactive ketones (excluding diaryl/α,β-unsaturated/α-hetero) is 1. The summed E-state index contributed by atoms with van der Waals surface area (Å²) in [7, 11) is 0. The van der Waals surface area contributed by atoms with Gasteiger partial charge < -0.3 is 15.6 Å². The molecule has 2 aromatic rings. The molecule has 6 nitrogen and oxygen atoms in total. The molecular formula is C15H15N3O3. The number of carbonyl (C=O) groups is 3. The molecule has 1 aromatic heterocycles.